The Labute approximate surface area is 174 Å². The summed E-state index contributed by atoms with van der Waals surface area (Å²) in [7, 11) is 0. The van der Waals surface area contributed by atoms with Crippen molar-refractivity contribution in [2.45, 2.75) is 32.1 Å². The first kappa shape index (κ1) is 21.0. The van der Waals surface area contributed by atoms with Gasteiger partial charge < -0.3 is 15.8 Å². The van der Waals surface area contributed by atoms with E-state index < -0.39 is 11.5 Å². The lowest BCUT2D eigenvalue weighted by atomic mass is 9.77. The topological polar surface area (TPSA) is 109 Å². The van der Waals surface area contributed by atoms with Crippen LogP contribution >= 0.6 is 0 Å². The second-order valence-electron chi connectivity index (χ2n) is 7.17. The van der Waals surface area contributed by atoms with E-state index in [1.54, 1.807) is 24.4 Å². The summed E-state index contributed by atoms with van der Waals surface area (Å²) in [5.74, 6) is -0.890. The van der Waals surface area contributed by atoms with Crippen molar-refractivity contribution in [2.75, 3.05) is 0 Å². The van der Waals surface area contributed by atoms with Gasteiger partial charge in [0.15, 0.2) is 0 Å². The molecule has 2 aromatic rings. The second-order valence-corrected chi connectivity index (χ2v) is 7.17. The number of allylic oxidation sites excluding steroid dienone is 5. The lowest BCUT2D eigenvalue weighted by molar-refractivity contribution is 0.0695. The number of carboxylic acid groups (broad SMARTS) is 1. The Kier molecular flexibility index (Phi) is 6.47. The number of benzene rings is 1. The molecule has 0 aliphatic heterocycles. The van der Waals surface area contributed by atoms with Gasteiger partial charge in [-0.1, -0.05) is 37.3 Å². The summed E-state index contributed by atoms with van der Waals surface area (Å²) in [5, 5.41) is 9.88. The monoisotopic (exact) mass is 403 g/mol. The van der Waals surface area contributed by atoms with Crippen LogP contribution in [0.4, 0.5) is 0 Å². The molecule has 0 radical (unpaired) electrons. The number of aromatic amines is 1. The maximum atomic E-state index is 12.3. The summed E-state index contributed by atoms with van der Waals surface area (Å²) in [5.41, 5.74) is 9.03. The van der Waals surface area contributed by atoms with Crippen LogP contribution < -0.4 is 11.3 Å². The third kappa shape index (κ3) is 4.33. The van der Waals surface area contributed by atoms with Gasteiger partial charge in [-0.25, -0.2) is 4.79 Å². The van der Waals surface area contributed by atoms with E-state index in [4.69, 9.17) is 5.73 Å². The minimum Gasteiger partial charge on any atom is -0.477 e. The van der Waals surface area contributed by atoms with Crippen LogP contribution in [0.3, 0.4) is 0 Å². The Morgan fingerprint density at radius 3 is 2.70 bits per heavy atom. The molecule has 154 valence electrons. The molecule has 1 aliphatic rings. The lowest BCUT2D eigenvalue weighted by Gasteiger charge is -2.28. The molecule has 0 unspecified atom stereocenters. The van der Waals surface area contributed by atoms with Crippen molar-refractivity contribution in [1.82, 2.24) is 4.98 Å². The molecule has 3 rings (SSSR count). The first-order chi connectivity index (χ1) is 14.5. The average Bonchev–Trinajstić information content (AvgIpc) is 2.66. The number of hydrogen-bond acceptors (Lipinski definition) is 4. The number of carbonyl (C=O) groups is 1. The molecule has 1 heterocycles. The van der Waals surface area contributed by atoms with E-state index in [9.17, 15) is 14.7 Å². The standard InChI is InChI=1S/C24H25N3O3/c1-3-6-17(7-4-2)26-13-12-20(25)21-18(15-8-5-9-15)11-10-16-14-19(24(29)30)23(28)27-22(16)21/h3-4,6-7,10-15H,1,5,8-9,25H2,2H3,(H,27,28)(H,29,30)/b7-4-,17-6+,20-12-,26-13-. The number of rotatable bonds is 7. The van der Waals surface area contributed by atoms with Gasteiger partial charge in [0.1, 0.15) is 5.56 Å². The van der Waals surface area contributed by atoms with Gasteiger partial charge in [-0.2, -0.15) is 0 Å². The Hall–Kier alpha value is -3.67. The number of pyridine rings is 1. The highest BCUT2D eigenvalue weighted by Gasteiger charge is 2.25. The molecule has 1 aromatic carbocycles. The van der Waals surface area contributed by atoms with Crippen molar-refractivity contribution < 1.29 is 9.90 Å². The Bertz CT molecular complexity index is 1160. The van der Waals surface area contributed by atoms with Gasteiger partial charge in [-0.15, -0.1) is 0 Å². The van der Waals surface area contributed by atoms with Gasteiger partial charge in [0.2, 0.25) is 0 Å². The number of hydrogen-bond donors (Lipinski definition) is 3. The fraction of sp³-hybridized carbons (Fsp3) is 0.208. The van der Waals surface area contributed by atoms with Crippen molar-refractivity contribution in [2.24, 2.45) is 10.7 Å². The summed E-state index contributed by atoms with van der Waals surface area (Å²) < 4.78 is 0. The van der Waals surface area contributed by atoms with E-state index in [1.165, 1.54) is 6.07 Å². The van der Waals surface area contributed by atoms with Crippen LogP contribution in [0, 0.1) is 0 Å². The minimum atomic E-state index is -1.26. The molecule has 1 aromatic heterocycles. The molecule has 1 aliphatic carbocycles. The molecule has 6 heteroatoms. The van der Waals surface area contributed by atoms with Gasteiger partial charge in [0, 0.05) is 17.5 Å². The smallest absolute Gasteiger partial charge is 0.341 e. The maximum Gasteiger partial charge on any atom is 0.341 e. The summed E-state index contributed by atoms with van der Waals surface area (Å²) in [4.78, 5) is 30.8. The Morgan fingerprint density at radius 2 is 2.10 bits per heavy atom. The summed E-state index contributed by atoms with van der Waals surface area (Å²) in [6, 6.07) is 5.21. The van der Waals surface area contributed by atoms with Crippen LogP contribution in [0.15, 0.2) is 70.6 Å². The van der Waals surface area contributed by atoms with Crippen LogP contribution in [0.25, 0.3) is 16.6 Å². The summed E-state index contributed by atoms with van der Waals surface area (Å²) >= 11 is 0. The molecule has 0 bridgehead atoms. The van der Waals surface area contributed by atoms with Crippen molar-refractivity contribution in [3.8, 4) is 0 Å². The Balaban J connectivity index is 2.14. The largest absolute Gasteiger partial charge is 0.477 e. The molecule has 0 saturated heterocycles. The van der Waals surface area contributed by atoms with Crippen LogP contribution in [0.2, 0.25) is 0 Å². The van der Waals surface area contributed by atoms with Crippen molar-refractivity contribution >= 4 is 28.8 Å². The number of carboxylic acids is 1. The normalized spacial score (nSPS) is 15.8. The van der Waals surface area contributed by atoms with E-state index in [1.807, 2.05) is 31.2 Å². The molecule has 0 atom stereocenters. The van der Waals surface area contributed by atoms with Gasteiger partial charge in [0.25, 0.3) is 5.56 Å². The number of nitrogens with one attached hydrogen (secondary N) is 1. The van der Waals surface area contributed by atoms with E-state index in [-0.39, 0.29) is 5.56 Å². The first-order valence-corrected chi connectivity index (χ1v) is 9.85. The molecule has 1 fully saturated rings. The maximum absolute atomic E-state index is 12.3. The highest BCUT2D eigenvalue weighted by molar-refractivity contribution is 5.98. The van der Waals surface area contributed by atoms with Gasteiger partial charge in [-0.3, -0.25) is 9.79 Å². The van der Waals surface area contributed by atoms with E-state index in [2.05, 4.69) is 16.6 Å². The quantitative estimate of drug-likeness (QED) is 0.467. The predicted molar refractivity (Wildman–Crippen MR) is 122 cm³/mol. The average molecular weight is 403 g/mol. The SMILES string of the molecule is C=C/C=C(\C=C/C)/N=C\C=C(/N)c1c(C2CCC2)ccc2cc(C(=O)O)c(=O)[nH]c12. The molecule has 0 amide bonds. The van der Waals surface area contributed by atoms with Gasteiger partial charge >= 0.3 is 5.97 Å². The van der Waals surface area contributed by atoms with E-state index in [0.29, 0.717) is 22.5 Å². The molecule has 30 heavy (non-hydrogen) atoms. The van der Waals surface area contributed by atoms with Crippen molar-refractivity contribution in [3.05, 3.63) is 87.9 Å². The molecular weight excluding hydrogens is 378 g/mol. The molecule has 4 N–H and O–H groups in total. The summed E-state index contributed by atoms with van der Waals surface area (Å²) in [6.45, 7) is 5.58. The number of H-pyrrole nitrogens is 1. The molecular formula is C24H25N3O3. The third-order valence-electron chi connectivity index (χ3n) is 5.22. The zero-order valence-corrected chi connectivity index (χ0v) is 16.9. The van der Waals surface area contributed by atoms with Gasteiger partial charge in [0.05, 0.1) is 11.2 Å². The predicted octanol–water partition coefficient (Wildman–Crippen LogP) is 4.51. The number of aromatic carboxylic acids is 1. The second kappa shape index (κ2) is 9.22. The molecule has 1 saturated carbocycles. The van der Waals surface area contributed by atoms with Crippen molar-refractivity contribution in [3.63, 3.8) is 0 Å². The number of nitrogens with two attached hydrogens (primary N) is 1. The Morgan fingerprint density at radius 1 is 1.33 bits per heavy atom. The summed E-state index contributed by atoms with van der Waals surface area (Å²) in [6.07, 6.45) is 13.7. The third-order valence-corrected chi connectivity index (χ3v) is 5.22. The number of nitrogens with zero attached hydrogens (tertiary/aromatic N) is 1. The van der Waals surface area contributed by atoms with Crippen LogP contribution in [0.1, 0.15) is 53.6 Å². The van der Waals surface area contributed by atoms with E-state index >= 15 is 0 Å². The minimum absolute atomic E-state index is 0.292. The lowest BCUT2D eigenvalue weighted by Crippen LogP contribution is -2.19. The molecule has 0 spiro atoms. The number of fused-ring (bicyclic) bond motifs is 1. The van der Waals surface area contributed by atoms with Gasteiger partial charge in [-0.05, 0) is 60.9 Å². The zero-order valence-electron chi connectivity index (χ0n) is 16.9. The fourth-order valence-corrected chi connectivity index (χ4v) is 3.54. The zero-order chi connectivity index (χ0) is 21.7. The highest BCUT2D eigenvalue weighted by Crippen LogP contribution is 2.41. The van der Waals surface area contributed by atoms with Crippen LogP contribution in [-0.4, -0.2) is 22.3 Å². The number of aromatic nitrogens is 1. The highest BCUT2D eigenvalue weighted by atomic mass is 16.4. The fourth-order valence-electron chi connectivity index (χ4n) is 3.54. The van der Waals surface area contributed by atoms with Crippen molar-refractivity contribution in [1.29, 1.82) is 0 Å². The first-order valence-electron chi connectivity index (χ1n) is 9.85. The van der Waals surface area contributed by atoms with E-state index in [0.717, 1.165) is 36.1 Å². The van der Waals surface area contributed by atoms with Crippen LogP contribution in [-0.2, 0) is 0 Å². The number of aliphatic imine (C=N–C) groups is 1. The van der Waals surface area contributed by atoms with Crippen LogP contribution in [0.5, 0.6) is 0 Å². The molecule has 6 nitrogen and oxygen atoms in total.